The van der Waals surface area contributed by atoms with Crippen molar-refractivity contribution in [2.45, 2.75) is 50.7 Å². The molecule has 0 aliphatic heterocycles. The van der Waals surface area contributed by atoms with Gasteiger partial charge in [0, 0.05) is 18.1 Å². The molecule has 0 heterocycles. The van der Waals surface area contributed by atoms with Crippen molar-refractivity contribution in [2.75, 3.05) is 13.6 Å². The van der Waals surface area contributed by atoms with Crippen LogP contribution in [0.3, 0.4) is 0 Å². The number of hydrogen-bond donors (Lipinski definition) is 1. The number of fused-ring (bicyclic) bond motifs is 1. The SMILES string of the molecule is CCNC1c2ccccc2CC1N(C)C1CCC1. The van der Waals surface area contributed by atoms with E-state index in [9.17, 15) is 0 Å². The van der Waals surface area contributed by atoms with Gasteiger partial charge in [-0.3, -0.25) is 4.90 Å². The second kappa shape index (κ2) is 5.02. The molecule has 2 nitrogen and oxygen atoms in total. The molecule has 0 aromatic heterocycles. The van der Waals surface area contributed by atoms with Crippen molar-refractivity contribution in [2.24, 2.45) is 0 Å². The van der Waals surface area contributed by atoms with Crippen molar-refractivity contribution in [1.82, 2.24) is 10.2 Å². The van der Waals surface area contributed by atoms with Crippen LogP contribution in [0.4, 0.5) is 0 Å². The number of hydrogen-bond acceptors (Lipinski definition) is 2. The normalized spacial score (nSPS) is 27.3. The van der Waals surface area contributed by atoms with Crippen LogP contribution in [-0.4, -0.2) is 30.6 Å². The average Bonchev–Trinajstić information content (AvgIpc) is 2.67. The molecule has 0 amide bonds. The van der Waals surface area contributed by atoms with E-state index in [1.807, 2.05) is 0 Å². The Labute approximate surface area is 110 Å². The van der Waals surface area contributed by atoms with E-state index >= 15 is 0 Å². The van der Waals surface area contributed by atoms with Crippen molar-refractivity contribution in [3.63, 3.8) is 0 Å². The van der Waals surface area contributed by atoms with Crippen LogP contribution in [0.25, 0.3) is 0 Å². The summed E-state index contributed by atoms with van der Waals surface area (Å²) < 4.78 is 0. The van der Waals surface area contributed by atoms with E-state index in [1.54, 1.807) is 5.56 Å². The van der Waals surface area contributed by atoms with E-state index in [0.717, 1.165) is 12.6 Å². The molecule has 1 aromatic rings. The first-order valence-corrected chi connectivity index (χ1v) is 7.34. The van der Waals surface area contributed by atoms with E-state index in [4.69, 9.17) is 0 Å². The average molecular weight is 244 g/mol. The molecule has 1 aromatic carbocycles. The maximum Gasteiger partial charge on any atom is 0.0484 e. The third-order valence-electron chi connectivity index (χ3n) is 4.80. The van der Waals surface area contributed by atoms with Crippen molar-refractivity contribution in [3.8, 4) is 0 Å². The fourth-order valence-electron chi connectivity index (χ4n) is 3.48. The smallest absolute Gasteiger partial charge is 0.0484 e. The molecule has 2 aliphatic rings. The van der Waals surface area contributed by atoms with Gasteiger partial charge in [0.05, 0.1) is 0 Å². The Bertz CT molecular complexity index is 411. The van der Waals surface area contributed by atoms with Crippen LogP contribution in [0.1, 0.15) is 43.4 Å². The molecule has 2 aliphatic carbocycles. The predicted molar refractivity (Wildman–Crippen MR) is 75.8 cm³/mol. The topological polar surface area (TPSA) is 15.3 Å². The summed E-state index contributed by atoms with van der Waals surface area (Å²) in [6.45, 7) is 3.26. The first-order chi connectivity index (χ1) is 8.81. The van der Waals surface area contributed by atoms with Crippen LogP contribution < -0.4 is 5.32 Å². The lowest BCUT2D eigenvalue weighted by Gasteiger charge is -2.41. The second-order valence-corrected chi connectivity index (χ2v) is 5.76. The summed E-state index contributed by atoms with van der Waals surface area (Å²) in [5.74, 6) is 0. The highest BCUT2D eigenvalue weighted by molar-refractivity contribution is 5.37. The third kappa shape index (κ3) is 1.98. The summed E-state index contributed by atoms with van der Waals surface area (Å²) in [6.07, 6.45) is 5.41. The maximum absolute atomic E-state index is 3.69. The van der Waals surface area contributed by atoms with Gasteiger partial charge < -0.3 is 5.32 Å². The number of rotatable bonds is 4. The minimum absolute atomic E-state index is 0.525. The number of likely N-dealkylation sites (N-methyl/N-ethyl adjacent to an activating group) is 2. The van der Waals surface area contributed by atoms with Gasteiger partial charge in [-0.15, -0.1) is 0 Å². The minimum atomic E-state index is 0.525. The molecule has 18 heavy (non-hydrogen) atoms. The molecule has 98 valence electrons. The van der Waals surface area contributed by atoms with E-state index < -0.39 is 0 Å². The fourth-order valence-corrected chi connectivity index (χ4v) is 3.48. The highest BCUT2D eigenvalue weighted by Crippen LogP contribution is 2.37. The number of nitrogens with zero attached hydrogens (tertiary/aromatic N) is 1. The molecule has 2 unspecified atom stereocenters. The molecule has 1 fully saturated rings. The molecule has 3 rings (SSSR count). The Hall–Kier alpha value is -0.860. The van der Waals surface area contributed by atoms with Gasteiger partial charge in [0.25, 0.3) is 0 Å². The van der Waals surface area contributed by atoms with Crippen LogP contribution in [0.2, 0.25) is 0 Å². The molecule has 0 radical (unpaired) electrons. The van der Waals surface area contributed by atoms with Gasteiger partial charge in [0.2, 0.25) is 0 Å². The summed E-state index contributed by atoms with van der Waals surface area (Å²) in [5.41, 5.74) is 3.06. The Balaban J connectivity index is 1.82. The quantitative estimate of drug-likeness (QED) is 0.876. The van der Waals surface area contributed by atoms with Crippen LogP contribution in [0.15, 0.2) is 24.3 Å². The zero-order chi connectivity index (χ0) is 12.5. The van der Waals surface area contributed by atoms with Gasteiger partial charge in [-0.25, -0.2) is 0 Å². The second-order valence-electron chi connectivity index (χ2n) is 5.76. The summed E-state index contributed by atoms with van der Waals surface area (Å²) in [5, 5.41) is 3.69. The zero-order valence-corrected chi connectivity index (χ0v) is 11.5. The largest absolute Gasteiger partial charge is 0.309 e. The Morgan fingerprint density at radius 2 is 2.06 bits per heavy atom. The van der Waals surface area contributed by atoms with E-state index in [-0.39, 0.29) is 0 Å². The summed E-state index contributed by atoms with van der Waals surface area (Å²) >= 11 is 0. The number of nitrogens with one attached hydrogen (secondary N) is 1. The first-order valence-electron chi connectivity index (χ1n) is 7.34. The summed E-state index contributed by atoms with van der Waals surface area (Å²) in [6, 6.07) is 10.9. The van der Waals surface area contributed by atoms with Crippen molar-refractivity contribution >= 4 is 0 Å². The van der Waals surface area contributed by atoms with Gasteiger partial charge in [-0.2, -0.15) is 0 Å². The molecule has 1 saturated carbocycles. The molecule has 0 bridgehead atoms. The molecule has 0 spiro atoms. The predicted octanol–water partition coefficient (Wildman–Crippen LogP) is 2.75. The van der Waals surface area contributed by atoms with E-state index in [1.165, 1.54) is 31.2 Å². The third-order valence-corrected chi connectivity index (χ3v) is 4.80. The minimum Gasteiger partial charge on any atom is -0.309 e. The van der Waals surface area contributed by atoms with Gasteiger partial charge in [-0.1, -0.05) is 37.6 Å². The Morgan fingerprint density at radius 1 is 1.28 bits per heavy atom. The molecule has 0 saturated heterocycles. The summed E-state index contributed by atoms with van der Waals surface area (Å²) in [4.78, 5) is 2.64. The lowest BCUT2D eigenvalue weighted by Crippen LogP contribution is -2.48. The van der Waals surface area contributed by atoms with Crippen LogP contribution in [0, 0.1) is 0 Å². The monoisotopic (exact) mass is 244 g/mol. The lowest BCUT2D eigenvalue weighted by atomic mass is 9.90. The van der Waals surface area contributed by atoms with Crippen molar-refractivity contribution in [3.05, 3.63) is 35.4 Å². The number of benzene rings is 1. The molecule has 1 N–H and O–H groups in total. The van der Waals surface area contributed by atoms with Gasteiger partial charge in [0.1, 0.15) is 0 Å². The van der Waals surface area contributed by atoms with Gasteiger partial charge in [-0.05, 0) is 44.0 Å². The molecular formula is C16H24N2. The highest BCUT2D eigenvalue weighted by Gasteiger charge is 2.37. The van der Waals surface area contributed by atoms with E-state index in [2.05, 4.69) is 48.5 Å². The molecule has 2 heteroatoms. The summed E-state index contributed by atoms with van der Waals surface area (Å²) in [7, 11) is 2.32. The fraction of sp³-hybridized carbons (Fsp3) is 0.625. The van der Waals surface area contributed by atoms with Crippen molar-refractivity contribution in [1.29, 1.82) is 0 Å². The van der Waals surface area contributed by atoms with Crippen LogP contribution in [-0.2, 0) is 6.42 Å². The van der Waals surface area contributed by atoms with Gasteiger partial charge in [0.15, 0.2) is 0 Å². The lowest BCUT2D eigenvalue weighted by molar-refractivity contribution is 0.0938. The maximum atomic E-state index is 3.69. The molecular weight excluding hydrogens is 220 g/mol. The zero-order valence-electron chi connectivity index (χ0n) is 11.5. The first kappa shape index (κ1) is 12.2. The van der Waals surface area contributed by atoms with Crippen LogP contribution in [0.5, 0.6) is 0 Å². The standard InChI is InChI=1S/C16H24N2/c1-3-17-16-14-10-5-4-7-12(14)11-15(16)18(2)13-8-6-9-13/h4-5,7,10,13,15-17H,3,6,8-9,11H2,1-2H3. The van der Waals surface area contributed by atoms with Crippen molar-refractivity contribution < 1.29 is 0 Å². The Kier molecular flexibility index (Phi) is 3.40. The highest BCUT2D eigenvalue weighted by atomic mass is 15.2. The van der Waals surface area contributed by atoms with Gasteiger partial charge >= 0.3 is 0 Å². The molecule has 2 atom stereocenters. The van der Waals surface area contributed by atoms with E-state index in [0.29, 0.717) is 12.1 Å². The van der Waals surface area contributed by atoms with Crippen LogP contribution >= 0.6 is 0 Å². The Morgan fingerprint density at radius 3 is 2.72 bits per heavy atom.